The summed E-state index contributed by atoms with van der Waals surface area (Å²) < 4.78 is 30.4. The van der Waals surface area contributed by atoms with E-state index in [0.717, 1.165) is 40.0 Å². The Morgan fingerprint density at radius 2 is 1.83 bits per heavy atom. The average Bonchev–Trinajstić information content (AvgIpc) is 3.24. The van der Waals surface area contributed by atoms with Gasteiger partial charge in [-0.05, 0) is 59.3 Å². The van der Waals surface area contributed by atoms with E-state index in [-0.39, 0.29) is 0 Å². The molecule has 0 amide bonds. The minimum absolute atomic E-state index is 0.337. The molecule has 0 radical (unpaired) electrons. The van der Waals surface area contributed by atoms with Crippen LogP contribution in [0.3, 0.4) is 0 Å². The summed E-state index contributed by atoms with van der Waals surface area (Å²) in [7, 11) is -3.48. The summed E-state index contributed by atoms with van der Waals surface area (Å²) in [6, 6.07) is 16.7. The van der Waals surface area contributed by atoms with E-state index in [1.807, 2.05) is 49.4 Å². The van der Waals surface area contributed by atoms with Crippen molar-refractivity contribution in [2.75, 3.05) is 25.0 Å². The molecule has 10 heteroatoms. The standard InChI is InChI=1S/C25H25BrClN5O2S/c1-17-6-2-5-9-23(17)35(33,34)31-12-10-18(11-13-31)15-28-24-14-22(19-7-3-4-8-21(19)27)30-25-20(26)16-29-32(24)25/h2-9,14,16,18,28H,10-13,15H2,1H3. The fourth-order valence-corrected chi connectivity index (χ4v) is 6.73. The van der Waals surface area contributed by atoms with Crippen molar-refractivity contribution in [2.24, 2.45) is 5.92 Å². The summed E-state index contributed by atoms with van der Waals surface area (Å²) in [6.07, 6.45) is 3.29. The molecule has 182 valence electrons. The molecular weight excluding hydrogens is 550 g/mol. The summed E-state index contributed by atoms with van der Waals surface area (Å²) in [5.74, 6) is 1.15. The van der Waals surface area contributed by atoms with Gasteiger partial charge in [0.05, 0.1) is 21.3 Å². The molecule has 0 spiro atoms. The first-order valence-electron chi connectivity index (χ1n) is 11.4. The van der Waals surface area contributed by atoms with Gasteiger partial charge in [-0.25, -0.2) is 13.4 Å². The molecule has 0 unspecified atom stereocenters. The van der Waals surface area contributed by atoms with E-state index in [9.17, 15) is 8.42 Å². The summed E-state index contributed by atoms with van der Waals surface area (Å²) in [4.78, 5) is 5.15. The SMILES string of the molecule is Cc1ccccc1S(=O)(=O)N1CCC(CNc2cc(-c3ccccc3Cl)nc3c(Br)cnn23)CC1. The Kier molecular flexibility index (Phi) is 6.85. The lowest BCUT2D eigenvalue weighted by Gasteiger charge is -2.31. The molecule has 0 atom stereocenters. The Bertz CT molecular complexity index is 1480. The fraction of sp³-hybridized carbons (Fsp3) is 0.280. The van der Waals surface area contributed by atoms with Gasteiger partial charge in [0.15, 0.2) is 5.65 Å². The Labute approximate surface area is 218 Å². The van der Waals surface area contributed by atoms with E-state index in [1.54, 1.807) is 27.2 Å². The first-order valence-corrected chi connectivity index (χ1v) is 14.0. The second-order valence-electron chi connectivity index (χ2n) is 8.73. The van der Waals surface area contributed by atoms with Gasteiger partial charge in [-0.15, -0.1) is 0 Å². The number of nitrogens with one attached hydrogen (secondary N) is 1. The largest absolute Gasteiger partial charge is 0.370 e. The summed E-state index contributed by atoms with van der Waals surface area (Å²) in [6.45, 7) is 3.56. The number of aromatic nitrogens is 3. The van der Waals surface area contributed by atoms with E-state index in [4.69, 9.17) is 16.6 Å². The fourth-order valence-electron chi connectivity index (χ4n) is 4.46. The van der Waals surface area contributed by atoms with Crippen LogP contribution in [0.25, 0.3) is 16.9 Å². The lowest BCUT2D eigenvalue weighted by atomic mass is 9.98. The smallest absolute Gasteiger partial charge is 0.243 e. The zero-order chi connectivity index (χ0) is 24.6. The quantitative estimate of drug-likeness (QED) is 0.323. The monoisotopic (exact) mass is 573 g/mol. The number of piperidine rings is 1. The van der Waals surface area contributed by atoms with Gasteiger partial charge in [0.25, 0.3) is 0 Å². The molecule has 2 aromatic carbocycles. The van der Waals surface area contributed by atoms with Gasteiger partial charge in [0.1, 0.15) is 5.82 Å². The summed E-state index contributed by atoms with van der Waals surface area (Å²) >= 11 is 9.97. The van der Waals surface area contributed by atoms with E-state index in [1.165, 1.54) is 0 Å². The third-order valence-corrected chi connectivity index (χ3v) is 9.38. The zero-order valence-electron chi connectivity index (χ0n) is 19.2. The van der Waals surface area contributed by atoms with Crippen molar-refractivity contribution in [3.63, 3.8) is 0 Å². The molecular formula is C25H25BrClN5O2S. The number of benzene rings is 2. The van der Waals surface area contributed by atoms with E-state index < -0.39 is 10.0 Å². The topological polar surface area (TPSA) is 79.6 Å². The molecule has 3 heterocycles. The van der Waals surface area contributed by atoms with Crippen LogP contribution < -0.4 is 5.32 Å². The van der Waals surface area contributed by atoms with Crippen molar-refractivity contribution in [3.05, 3.63) is 75.9 Å². The molecule has 0 bridgehead atoms. The van der Waals surface area contributed by atoms with E-state index in [2.05, 4.69) is 26.3 Å². The molecule has 1 aliphatic rings. The highest BCUT2D eigenvalue weighted by Gasteiger charge is 2.30. The molecule has 5 rings (SSSR count). The maximum absolute atomic E-state index is 13.1. The second kappa shape index (κ2) is 9.89. The highest BCUT2D eigenvalue weighted by atomic mass is 79.9. The van der Waals surface area contributed by atoms with Gasteiger partial charge >= 0.3 is 0 Å². The first-order chi connectivity index (χ1) is 16.8. The van der Waals surface area contributed by atoms with Crippen molar-refractivity contribution in [3.8, 4) is 11.3 Å². The number of halogens is 2. The molecule has 0 saturated carbocycles. The van der Waals surface area contributed by atoms with Gasteiger partial charge in [-0.3, -0.25) is 0 Å². The number of nitrogens with zero attached hydrogens (tertiary/aromatic N) is 4. The predicted octanol–water partition coefficient (Wildman–Crippen LogP) is 5.63. The number of sulfonamides is 1. The Morgan fingerprint density at radius 1 is 1.11 bits per heavy atom. The Morgan fingerprint density at radius 3 is 2.57 bits per heavy atom. The molecule has 7 nitrogen and oxygen atoms in total. The van der Waals surface area contributed by atoms with Crippen LogP contribution in [0.15, 0.2) is 70.2 Å². The number of fused-ring (bicyclic) bond motifs is 1. The third-order valence-electron chi connectivity index (χ3n) is 6.44. The van der Waals surface area contributed by atoms with Crippen molar-refractivity contribution in [2.45, 2.75) is 24.7 Å². The van der Waals surface area contributed by atoms with Crippen molar-refractivity contribution >= 4 is 49.0 Å². The molecule has 1 aliphatic heterocycles. The van der Waals surface area contributed by atoms with Crippen molar-refractivity contribution in [1.82, 2.24) is 18.9 Å². The molecule has 2 aromatic heterocycles. The van der Waals surface area contributed by atoms with Crippen LogP contribution in [0.5, 0.6) is 0 Å². The van der Waals surface area contributed by atoms with Gasteiger partial charge in [0, 0.05) is 36.3 Å². The number of rotatable bonds is 6. The van der Waals surface area contributed by atoms with Gasteiger partial charge in [-0.2, -0.15) is 13.9 Å². The molecule has 0 aliphatic carbocycles. The third kappa shape index (κ3) is 4.82. The summed E-state index contributed by atoms with van der Waals surface area (Å²) in [5.41, 5.74) is 3.08. The first kappa shape index (κ1) is 24.2. The Balaban J connectivity index is 1.31. The lowest BCUT2D eigenvalue weighted by Crippen LogP contribution is -2.40. The molecule has 1 N–H and O–H groups in total. The maximum atomic E-state index is 13.1. The van der Waals surface area contributed by atoms with Crippen LogP contribution in [-0.4, -0.2) is 47.0 Å². The van der Waals surface area contributed by atoms with Crippen molar-refractivity contribution in [1.29, 1.82) is 0 Å². The summed E-state index contributed by atoms with van der Waals surface area (Å²) in [5, 5.41) is 8.61. The van der Waals surface area contributed by atoms with Crippen LogP contribution in [0.1, 0.15) is 18.4 Å². The minimum atomic E-state index is -3.48. The van der Waals surface area contributed by atoms with Crippen LogP contribution >= 0.6 is 27.5 Å². The van der Waals surface area contributed by atoms with Crippen LogP contribution in [0, 0.1) is 12.8 Å². The minimum Gasteiger partial charge on any atom is -0.370 e. The van der Waals surface area contributed by atoms with Crippen LogP contribution in [0.4, 0.5) is 5.82 Å². The molecule has 1 fully saturated rings. The van der Waals surface area contributed by atoms with Gasteiger partial charge in [0.2, 0.25) is 10.0 Å². The van der Waals surface area contributed by atoms with Crippen molar-refractivity contribution < 1.29 is 8.42 Å². The molecule has 1 saturated heterocycles. The number of hydrogen-bond donors (Lipinski definition) is 1. The van der Waals surface area contributed by atoms with Crippen LogP contribution in [-0.2, 0) is 10.0 Å². The zero-order valence-corrected chi connectivity index (χ0v) is 22.3. The van der Waals surface area contributed by atoms with Gasteiger partial charge in [-0.1, -0.05) is 48.0 Å². The highest BCUT2D eigenvalue weighted by molar-refractivity contribution is 9.10. The maximum Gasteiger partial charge on any atom is 0.243 e. The molecule has 35 heavy (non-hydrogen) atoms. The lowest BCUT2D eigenvalue weighted by molar-refractivity contribution is 0.282. The normalized spacial score (nSPS) is 15.5. The number of anilines is 1. The van der Waals surface area contributed by atoms with Gasteiger partial charge < -0.3 is 5.32 Å². The average molecular weight is 575 g/mol. The number of hydrogen-bond acceptors (Lipinski definition) is 5. The Hall–Kier alpha value is -2.46. The van der Waals surface area contributed by atoms with E-state index >= 15 is 0 Å². The molecule has 4 aromatic rings. The van der Waals surface area contributed by atoms with Crippen LogP contribution in [0.2, 0.25) is 5.02 Å². The van der Waals surface area contributed by atoms with E-state index in [0.29, 0.717) is 41.1 Å². The second-order valence-corrected chi connectivity index (χ2v) is 11.9. The highest BCUT2D eigenvalue weighted by Crippen LogP contribution is 2.31. The number of aryl methyl sites for hydroxylation is 1. The predicted molar refractivity (Wildman–Crippen MR) is 142 cm³/mol.